The molecule has 0 radical (unpaired) electrons. The zero-order valence-corrected chi connectivity index (χ0v) is 15.8. The second kappa shape index (κ2) is 8.11. The summed E-state index contributed by atoms with van der Waals surface area (Å²) in [6, 6.07) is 16.2. The summed E-state index contributed by atoms with van der Waals surface area (Å²) in [7, 11) is 1.85. The minimum atomic E-state index is 0.0333. The number of carbonyl (C=O) groups excluding carboxylic acids is 1. The summed E-state index contributed by atoms with van der Waals surface area (Å²) in [4.78, 5) is 16.8. The van der Waals surface area contributed by atoms with E-state index in [1.807, 2.05) is 37.4 Å². The fourth-order valence-corrected chi connectivity index (χ4v) is 3.77. The first-order valence-corrected chi connectivity index (χ1v) is 9.57. The number of fused-ring (bicyclic) bond motifs is 1. The molecule has 0 spiro atoms. The molecule has 1 fully saturated rings. The maximum absolute atomic E-state index is 12.8. The Morgan fingerprint density at radius 1 is 1.07 bits per heavy atom. The Balaban J connectivity index is 1.36. The lowest BCUT2D eigenvalue weighted by atomic mass is 9.99. The van der Waals surface area contributed by atoms with E-state index in [0.717, 1.165) is 38.4 Å². The van der Waals surface area contributed by atoms with Gasteiger partial charge in [-0.2, -0.15) is 0 Å². The molecule has 142 valence electrons. The zero-order valence-electron chi connectivity index (χ0n) is 15.8. The van der Waals surface area contributed by atoms with Gasteiger partial charge in [0.05, 0.1) is 25.9 Å². The van der Waals surface area contributed by atoms with Crippen LogP contribution in [-0.2, 0) is 22.5 Å². The summed E-state index contributed by atoms with van der Waals surface area (Å²) < 4.78 is 11.3. The van der Waals surface area contributed by atoms with Gasteiger partial charge in [0.1, 0.15) is 0 Å². The SMILES string of the molecule is CN(CC1Cc2ccccc2CO1)C(=O)c1ccc(N2CCOCC2)cc1. The van der Waals surface area contributed by atoms with E-state index < -0.39 is 0 Å². The summed E-state index contributed by atoms with van der Waals surface area (Å²) >= 11 is 0. The third-order valence-electron chi connectivity index (χ3n) is 5.36. The van der Waals surface area contributed by atoms with Gasteiger partial charge < -0.3 is 19.3 Å². The lowest BCUT2D eigenvalue weighted by molar-refractivity contribution is 0.00985. The highest BCUT2D eigenvalue weighted by molar-refractivity contribution is 5.94. The standard InChI is InChI=1S/C22H26N2O3/c1-23(15-21-14-18-4-2-3-5-19(18)16-27-21)22(25)17-6-8-20(9-7-17)24-10-12-26-13-11-24/h2-9,21H,10-16H2,1H3. The summed E-state index contributed by atoms with van der Waals surface area (Å²) in [5, 5.41) is 0. The molecule has 5 nitrogen and oxygen atoms in total. The number of amides is 1. The van der Waals surface area contributed by atoms with E-state index in [1.165, 1.54) is 11.1 Å². The van der Waals surface area contributed by atoms with Crippen LogP contribution < -0.4 is 4.90 Å². The average molecular weight is 366 g/mol. The topological polar surface area (TPSA) is 42.0 Å². The number of morpholine rings is 1. The molecule has 2 aliphatic rings. The molecular formula is C22H26N2O3. The minimum absolute atomic E-state index is 0.0333. The Kier molecular flexibility index (Phi) is 5.41. The minimum Gasteiger partial charge on any atom is -0.378 e. The first kappa shape index (κ1) is 18.0. The van der Waals surface area contributed by atoms with Crippen molar-refractivity contribution in [2.45, 2.75) is 19.1 Å². The normalized spacial score (nSPS) is 19.4. The van der Waals surface area contributed by atoms with Gasteiger partial charge in [-0.15, -0.1) is 0 Å². The summed E-state index contributed by atoms with van der Waals surface area (Å²) in [5.74, 6) is 0.0333. The van der Waals surface area contributed by atoms with E-state index in [9.17, 15) is 4.79 Å². The fraction of sp³-hybridized carbons (Fsp3) is 0.409. The molecule has 0 saturated carbocycles. The van der Waals surface area contributed by atoms with Gasteiger partial charge in [0.2, 0.25) is 0 Å². The average Bonchev–Trinajstić information content (AvgIpc) is 2.74. The van der Waals surface area contributed by atoms with Crippen molar-refractivity contribution in [3.05, 3.63) is 65.2 Å². The number of nitrogens with zero attached hydrogens (tertiary/aromatic N) is 2. The molecular weight excluding hydrogens is 340 g/mol. The lowest BCUT2D eigenvalue weighted by Gasteiger charge is -2.30. The lowest BCUT2D eigenvalue weighted by Crippen LogP contribution is -2.38. The molecule has 0 N–H and O–H groups in total. The largest absolute Gasteiger partial charge is 0.378 e. The molecule has 1 saturated heterocycles. The summed E-state index contributed by atoms with van der Waals surface area (Å²) in [5.41, 5.74) is 4.43. The van der Waals surface area contributed by atoms with Gasteiger partial charge in [-0.1, -0.05) is 24.3 Å². The van der Waals surface area contributed by atoms with Crippen molar-refractivity contribution in [1.29, 1.82) is 0 Å². The van der Waals surface area contributed by atoms with Crippen molar-refractivity contribution in [2.75, 3.05) is 44.8 Å². The number of rotatable bonds is 4. The monoisotopic (exact) mass is 366 g/mol. The van der Waals surface area contributed by atoms with Crippen LogP contribution in [0.15, 0.2) is 48.5 Å². The van der Waals surface area contributed by atoms with E-state index in [0.29, 0.717) is 18.7 Å². The number of hydrogen-bond donors (Lipinski definition) is 0. The smallest absolute Gasteiger partial charge is 0.253 e. The quantitative estimate of drug-likeness (QED) is 0.834. The number of hydrogen-bond acceptors (Lipinski definition) is 4. The van der Waals surface area contributed by atoms with Gasteiger partial charge >= 0.3 is 0 Å². The summed E-state index contributed by atoms with van der Waals surface area (Å²) in [6.07, 6.45) is 0.894. The van der Waals surface area contributed by atoms with Crippen LogP contribution in [0.2, 0.25) is 0 Å². The molecule has 27 heavy (non-hydrogen) atoms. The molecule has 1 unspecified atom stereocenters. The van der Waals surface area contributed by atoms with Gasteiger partial charge in [-0.05, 0) is 35.4 Å². The molecule has 1 amide bonds. The Morgan fingerprint density at radius 2 is 1.78 bits per heavy atom. The first-order chi connectivity index (χ1) is 13.2. The van der Waals surface area contributed by atoms with E-state index in [2.05, 4.69) is 23.1 Å². The van der Waals surface area contributed by atoms with Crippen molar-refractivity contribution >= 4 is 11.6 Å². The van der Waals surface area contributed by atoms with Crippen molar-refractivity contribution in [3.8, 4) is 0 Å². The zero-order chi connectivity index (χ0) is 18.6. The van der Waals surface area contributed by atoms with Crippen LogP contribution in [-0.4, -0.2) is 56.8 Å². The second-order valence-electron chi connectivity index (χ2n) is 7.24. The highest BCUT2D eigenvalue weighted by Crippen LogP contribution is 2.22. The molecule has 0 aromatic heterocycles. The highest BCUT2D eigenvalue weighted by Gasteiger charge is 2.22. The molecule has 4 rings (SSSR count). The molecule has 0 aliphatic carbocycles. The van der Waals surface area contributed by atoms with E-state index >= 15 is 0 Å². The summed E-state index contributed by atoms with van der Waals surface area (Å²) in [6.45, 7) is 4.53. The number of likely N-dealkylation sites (N-methyl/N-ethyl adjacent to an activating group) is 1. The van der Waals surface area contributed by atoms with Gasteiger partial charge in [0.25, 0.3) is 5.91 Å². The third-order valence-corrected chi connectivity index (χ3v) is 5.36. The van der Waals surface area contributed by atoms with Crippen molar-refractivity contribution < 1.29 is 14.3 Å². The molecule has 2 aromatic rings. The fourth-order valence-electron chi connectivity index (χ4n) is 3.77. The van der Waals surface area contributed by atoms with Gasteiger partial charge in [0, 0.05) is 44.4 Å². The van der Waals surface area contributed by atoms with E-state index in [-0.39, 0.29) is 12.0 Å². The second-order valence-corrected chi connectivity index (χ2v) is 7.24. The van der Waals surface area contributed by atoms with Gasteiger partial charge in [0.15, 0.2) is 0 Å². The van der Waals surface area contributed by atoms with Crippen LogP contribution in [0.5, 0.6) is 0 Å². The predicted octanol–water partition coefficient (Wildman–Crippen LogP) is 2.74. The molecule has 2 aromatic carbocycles. The molecule has 2 heterocycles. The van der Waals surface area contributed by atoms with Gasteiger partial charge in [-0.25, -0.2) is 0 Å². The Morgan fingerprint density at radius 3 is 2.52 bits per heavy atom. The van der Waals surface area contributed by atoms with Gasteiger partial charge in [-0.3, -0.25) is 4.79 Å². The molecule has 0 bridgehead atoms. The maximum Gasteiger partial charge on any atom is 0.253 e. The van der Waals surface area contributed by atoms with Crippen LogP contribution >= 0.6 is 0 Å². The van der Waals surface area contributed by atoms with Crippen molar-refractivity contribution in [1.82, 2.24) is 4.90 Å². The maximum atomic E-state index is 12.8. The molecule has 1 atom stereocenters. The first-order valence-electron chi connectivity index (χ1n) is 9.57. The Bertz CT molecular complexity index is 784. The van der Waals surface area contributed by atoms with Crippen LogP contribution in [0.25, 0.3) is 0 Å². The van der Waals surface area contributed by atoms with Crippen LogP contribution in [0.1, 0.15) is 21.5 Å². The number of carbonyl (C=O) groups is 1. The molecule has 2 aliphatic heterocycles. The van der Waals surface area contributed by atoms with Crippen molar-refractivity contribution in [3.63, 3.8) is 0 Å². The van der Waals surface area contributed by atoms with Crippen molar-refractivity contribution in [2.24, 2.45) is 0 Å². The third kappa shape index (κ3) is 4.15. The Labute approximate surface area is 160 Å². The molecule has 5 heteroatoms. The Hall–Kier alpha value is -2.37. The van der Waals surface area contributed by atoms with Crippen LogP contribution in [0.3, 0.4) is 0 Å². The van der Waals surface area contributed by atoms with E-state index in [1.54, 1.807) is 4.90 Å². The number of ether oxygens (including phenoxy) is 2. The predicted molar refractivity (Wildman–Crippen MR) is 105 cm³/mol. The highest BCUT2D eigenvalue weighted by atomic mass is 16.5. The number of anilines is 1. The van der Waals surface area contributed by atoms with E-state index in [4.69, 9.17) is 9.47 Å². The van der Waals surface area contributed by atoms with Crippen LogP contribution in [0, 0.1) is 0 Å². The van der Waals surface area contributed by atoms with Crippen LogP contribution in [0.4, 0.5) is 5.69 Å². The number of benzene rings is 2.